The predicted molar refractivity (Wildman–Crippen MR) is 95.2 cm³/mol. The van der Waals surface area contributed by atoms with Gasteiger partial charge in [-0.25, -0.2) is 0 Å². The molecule has 0 spiro atoms. The minimum Gasteiger partial charge on any atom is -0.391 e. The maximum Gasteiger partial charge on any atom is 0.0698 e. The first-order chi connectivity index (χ1) is 10.7. The summed E-state index contributed by atoms with van der Waals surface area (Å²) in [7, 11) is 0. The Balaban J connectivity index is 1.97. The van der Waals surface area contributed by atoms with Crippen LogP contribution in [0.15, 0.2) is 65.6 Å². The fourth-order valence-electron chi connectivity index (χ4n) is 2.42. The van der Waals surface area contributed by atoms with Crippen molar-refractivity contribution in [1.82, 2.24) is 5.32 Å². The molecular formula is C19H25NOS. The molecule has 0 heterocycles. The molecule has 0 aliphatic carbocycles. The summed E-state index contributed by atoms with van der Waals surface area (Å²) >= 11 is 1.79. The Morgan fingerprint density at radius 2 is 1.59 bits per heavy atom. The number of hydrogen-bond acceptors (Lipinski definition) is 3. The average Bonchev–Trinajstić information content (AvgIpc) is 2.59. The van der Waals surface area contributed by atoms with Crippen molar-refractivity contribution in [2.75, 3.05) is 5.75 Å². The molecule has 0 aliphatic heterocycles. The highest BCUT2D eigenvalue weighted by Gasteiger charge is 2.20. The molecule has 0 amide bonds. The summed E-state index contributed by atoms with van der Waals surface area (Å²) in [5, 5.41) is 13.9. The third-order valence-electron chi connectivity index (χ3n) is 3.82. The molecule has 0 aromatic heterocycles. The fourth-order valence-corrected chi connectivity index (χ4v) is 3.46. The lowest BCUT2D eigenvalue weighted by Gasteiger charge is -2.27. The number of benzene rings is 2. The Morgan fingerprint density at radius 3 is 2.18 bits per heavy atom. The Bertz CT molecular complexity index is 532. The van der Waals surface area contributed by atoms with Gasteiger partial charge in [0.25, 0.3) is 0 Å². The molecule has 3 atom stereocenters. The van der Waals surface area contributed by atoms with Gasteiger partial charge in [0.1, 0.15) is 0 Å². The molecule has 2 aromatic rings. The van der Waals surface area contributed by atoms with Crippen molar-refractivity contribution in [1.29, 1.82) is 0 Å². The summed E-state index contributed by atoms with van der Waals surface area (Å²) in [6.45, 7) is 4.18. The number of hydrogen-bond donors (Lipinski definition) is 2. The molecule has 2 nitrogen and oxygen atoms in total. The van der Waals surface area contributed by atoms with Crippen LogP contribution in [-0.4, -0.2) is 23.0 Å². The van der Waals surface area contributed by atoms with Gasteiger partial charge in [0.2, 0.25) is 0 Å². The number of nitrogens with one attached hydrogen (secondary N) is 1. The molecule has 0 aliphatic rings. The molecular weight excluding hydrogens is 290 g/mol. The normalized spacial score (nSPS) is 15.2. The zero-order chi connectivity index (χ0) is 15.8. The van der Waals surface area contributed by atoms with Gasteiger partial charge in [-0.2, -0.15) is 0 Å². The van der Waals surface area contributed by atoms with E-state index in [1.807, 2.05) is 31.2 Å². The summed E-state index contributed by atoms with van der Waals surface area (Å²) in [4.78, 5) is 1.24. The maximum atomic E-state index is 10.3. The monoisotopic (exact) mass is 315 g/mol. The van der Waals surface area contributed by atoms with Crippen molar-refractivity contribution in [2.24, 2.45) is 0 Å². The lowest BCUT2D eigenvalue weighted by Crippen LogP contribution is -2.42. The van der Waals surface area contributed by atoms with E-state index in [0.717, 1.165) is 12.2 Å². The van der Waals surface area contributed by atoms with Crippen molar-refractivity contribution >= 4 is 11.8 Å². The lowest BCUT2D eigenvalue weighted by atomic mass is 10.1. The van der Waals surface area contributed by atoms with Crippen molar-refractivity contribution in [2.45, 2.75) is 43.4 Å². The van der Waals surface area contributed by atoms with E-state index in [1.54, 1.807) is 11.8 Å². The van der Waals surface area contributed by atoms with Crippen LogP contribution in [0, 0.1) is 0 Å². The molecule has 3 heteroatoms. The van der Waals surface area contributed by atoms with Crippen LogP contribution in [0.2, 0.25) is 0 Å². The van der Waals surface area contributed by atoms with Gasteiger partial charge in [0, 0.05) is 22.7 Å². The molecule has 0 unspecified atom stereocenters. The summed E-state index contributed by atoms with van der Waals surface area (Å²) < 4.78 is 0. The summed E-state index contributed by atoms with van der Waals surface area (Å²) in [5.41, 5.74) is 1.25. The summed E-state index contributed by atoms with van der Waals surface area (Å²) in [5.74, 6) is 0.857. The Kier molecular flexibility index (Phi) is 6.97. The largest absolute Gasteiger partial charge is 0.391 e. The number of aliphatic hydroxyl groups excluding tert-OH is 1. The summed E-state index contributed by atoms with van der Waals surface area (Å²) in [6.07, 6.45) is 0.427. The van der Waals surface area contributed by atoms with Crippen LogP contribution in [-0.2, 0) is 0 Å². The third-order valence-corrected chi connectivity index (χ3v) is 4.95. The summed E-state index contributed by atoms with van der Waals surface area (Å²) in [6, 6.07) is 21.0. The second kappa shape index (κ2) is 8.99. The SMILES string of the molecule is CC[C@@H](O)[C@H](CSc1ccccc1)N[C@@H](C)c1ccccc1. The van der Waals surface area contributed by atoms with E-state index in [4.69, 9.17) is 0 Å². The van der Waals surface area contributed by atoms with Gasteiger partial charge < -0.3 is 10.4 Å². The Labute approximate surface area is 138 Å². The molecule has 2 aromatic carbocycles. The first-order valence-corrected chi connectivity index (χ1v) is 8.86. The second-order valence-electron chi connectivity index (χ2n) is 5.51. The number of thioether (sulfide) groups is 1. The van der Waals surface area contributed by atoms with Crippen molar-refractivity contribution < 1.29 is 5.11 Å². The van der Waals surface area contributed by atoms with E-state index >= 15 is 0 Å². The van der Waals surface area contributed by atoms with Crippen LogP contribution in [0.25, 0.3) is 0 Å². The molecule has 0 saturated heterocycles. The zero-order valence-electron chi connectivity index (χ0n) is 13.3. The van der Waals surface area contributed by atoms with Gasteiger partial charge in [-0.1, -0.05) is 55.5 Å². The van der Waals surface area contributed by atoms with Gasteiger partial charge >= 0.3 is 0 Å². The van der Waals surface area contributed by atoms with Crippen LogP contribution >= 0.6 is 11.8 Å². The highest BCUT2D eigenvalue weighted by molar-refractivity contribution is 7.99. The number of aliphatic hydroxyl groups is 1. The van der Waals surface area contributed by atoms with Gasteiger partial charge in [0.05, 0.1) is 6.10 Å². The van der Waals surface area contributed by atoms with E-state index in [9.17, 15) is 5.11 Å². The van der Waals surface area contributed by atoms with E-state index in [1.165, 1.54) is 10.5 Å². The number of rotatable bonds is 8. The Morgan fingerprint density at radius 1 is 1.00 bits per heavy atom. The van der Waals surface area contributed by atoms with E-state index in [-0.39, 0.29) is 18.2 Å². The van der Waals surface area contributed by atoms with Crippen LogP contribution < -0.4 is 5.32 Å². The molecule has 0 saturated carbocycles. The molecule has 2 N–H and O–H groups in total. The highest BCUT2D eigenvalue weighted by atomic mass is 32.2. The van der Waals surface area contributed by atoms with Crippen LogP contribution in [0.5, 0.6) is 0 Å². The molecule has 118 valence electrons. The van der Waals surface area contributed by atoms with Crippen LogP contribution in [0.1, 0.15) is 31.9 Å². The molecule has 0 radical (unpaired) electrons. The molecule has 2 rings (SSSR count). The van der Waals surface area contributed by atoms with Gasteiger partial charge in [-0.05, 0) is 31.0 Å². The minimum atomic E-state index is -0.331. The van der Waals surface area contributed by atoms with Crippen molar-refractivity contribution in [3.63, 3.8) is 0 Å². The van der Waals surface area contributed by atoms with Crippen LogP contribution in [0.4, 0.5) is 0 Å². The molecule has 0 fully saturated rings. The minimum absolute atomic E-state index is 0.0745. The van der Waals surface area contributed by atoms with Gasteiger partial charge in [-0.15, -0.1) is 11.8 Å². The maximum absolute atomic E-state index is 10.3. The molecule has 0 bridgehead atoms. The third kappa shape index (κ3) is 5.16. The quantitative estimate of drug-likeness (QED) is 0.714. The van der Waals surface area contributed by atoms with Crippen molar-refractivity contribution in [3.8, 4) is 0 Å². The van der Waals surface area contributed by atoms with Gasteiger partial charge in [0.15, 0.2) is 0 Å². The highest BCUT2D eigenvalue weighted by Crippen LogP contribution is 2.21. The van der Waals surface area contributed by atoms with Gasteiger partial charge in [-0.3, -0.25) is 0 Å². The van der Waals surface area contributed by atoms with E-state index < -0.39 is 0 Å². The van der Waals surface area contributed by atoms with Crippen molar-refractivity contribution in [3.05, 3.63) is 66.2 Å². The molecule has 22 heavy (non-hydrogen) atoms. The lowest BCUT2D eigenvalue weighted by molar-refractivity contribution is 0.127. The average molecular weight is 315 g/mol. The Hall–Kier alpha value is -1.29. The smallest absolute Gasteiger partial charge is 0.0698 e. The predicted octanol–water partition coefficient (Wildman–Crippen LogP) is 4.27. The first kappa shape index (κ1) is 17.1. The van der Waals surface area contributed by atoms with E-state index in [2.05, 4.69) is 48.6 Å². The fraction of sp³-hybridized carbons (Fsp3) is 0.368. The standard InChI is InChI=1S/C19H25NOS/c1-3-19(21)18(14-22-17-12-8-5-9-13-17)20-15(2)16-10-6-4-7-11-16/h4-13,15,18-21H,3,14H2,1-2H3/t15-,18-,19+/m0/s1. The zero-order valence-corrected chi connectivity index (χ0v) is 14.1. The first-order valence-electron chi connectivity index (χ1n) is 7.87. The van der Waals surface area contributed by atoms with E-state index in [0.29, 0.717) is 0 Å². The van der Waals surface area contributed by atoms with Crippen LogP contribution in [0.3, 0.4) is 0 Å². The topological polar surface area (TPSA) is 32.3 Å². The second-order valence-corrected chi connectivity index (χ2v) is 6.60.